The first-order valence-corrected chi connectivity index (χ1v) is 11.1. The number of aliphatic hydroxyl groups is 2. The molecular formula is C24H28ClNO3. The predicted molar refractivity (Wildman–Crippen MR) is 113 cm³/mol. The molecule has 5 rings (SSSR count). The van der Waals surface area contributed by atoms with Crippen LogP contribution in [0.3, 0.4) is 0 Å². The summed E-state index contributed by atoms with van der Waals surface area (Å²) >= 11 is 6.07. The fraction of sp³-hybridized carbons (Fsp3) is 0.500. The van der Waals surface area contributed by atoms with E-state index in [1.807, 2.05) is 12.1 Å². The van der Waals surface area contributed by atoms with Gasteiger partial charge in [-0.3, -0.25) is 0 Å². The molecule has 154 valence electrons. The topological polar surface area (TPSA) is 52.9 Å². The first kappa shape index (κ1) is 19.4. The molecule has 1 fully saturated rings. The minimum absolute atomic E-state index is 0.324. The Morgan fingerprint density at radius 3 is 2.72 bits per heavy atom. The number of hydrogen-bond donors (Lipinski definition) is 2. The average Bonchev–Trinajstić information content (AvgIpc) is 3.18. The summed E-state index contributed by atoms with van der Waals surface area (Å²) in [5, 5.41) is 22.0. The van der Waals surface area contributed by atoms with Crippen molar-refractivity contribution in [2.45, 2.75) is 56.3 Å². The minimum Gasteiger partial charge on any atom is -0.487 e. The molecule has 0 bridgehead atoms. The molecule has 1 aliphatic carbocycles. The van der Waals surface area contributed by atoms with Crippen LogP contribution in [-0.2, 0) is 12.8 Å². The van der Waals surface area contributed by atoms with Crippen LogP contribution < -0.4 is 4.74 Å². The zero-order valence-electron chi connectivity index (χ0n) is 16.6. The van der Waals surface area contributed by atoms with Gasteiger partial charge in [-0.1, -0.05) is 29.8 Å². The Labute approximate surface area is 177 Å². The van der Waals surface area contributed by atoms with Crippen LogP contribution in [-0.4, -0.2) is 40.3 Å². The zero-order valence-corrected chi connectivity index (χ0v) is 17.4. The largest absolute Gasteiger partial charge is 0.487 e. The SMILES string of the molecule is O[C@@H]1CC2(CCN(C[C@H](O)c3ccc4c(c3)CCC4)CC2)Oc2ccc(Cl)cc21. The Morgan fingerprint density at radius 2 is 1.90 bits per heavy atom. The molecule has 5 heteroatoms. The van der Waals surface area contributed by atoms with Crippen LogP contribution >= 0.6 is 11.6 Å². The van der Waals surface area contributed by atoms with Crippen LogP contribution in [0.2, 0.25) is 5.02 Å². The van der Waals surface area contributed by atoms with Crippen molar-refractivity contribution in [1.29, 1.82) is 0 Å². The van der Waals surface area contributed by atoms with Crippen molar-refractivity contribution in [3.63, 3.8) is 0 Å². The van der Waals surface area contributed by atoms with Gasteiger partial charge in [0.2, 0.25) is 0 Å². The highest BCUT2D eigenvalue weighted by atomic mass is 35.5. The van der Waals surface area contributed by atoms with E-state index in [0.717, 1.165) is 49.2 Å². The van der Waals surface area contributed by atoms with Crippen LogP contribution in [0, 0.1) is 0 Å². The van der Waals surface area contributed by atoms with Gasteiger partial charge in [-0.05, 0) is 67.0 Å². The Kier molecular flexibility index (Phi) is 5.07. The minimum atomic E-state index is -0.541. The van der Waals surface area contributed by atoms with Crippen LogP contribution in [0.4, 0.5) is 0 Å². The number of halogens is 1. The van der Waals surface area contributed by atoms with Gasteiger partial charge in [0.1, 0.15) is 11.4 Å². The second kappa shape index (κ2) is 7.59. The van der Waals surface area contributed by atoms with Gasteiger partial charge in [0.25, 0.3) is 0 Å². The van der Waals surface area contributed by atoms with E-state index in [1.165, 1.54) is 24.0 Å². The lowest BCUT2D eigenvalue weighted by atomic mass is 9.81. The van der Waals surface area contributed by atoms with Crippen molar-refractivity contribution in [3.05, 3.63) is 63.7 Å². The van der Waals surface area contributed by atoms with E-state index in [1.54, 1.807) is 6.07 Å². The number of aliphatic hydroxyl groups excluding tert-OH is 2. The highest BCUT2D eigenvalue weighted by Crippen LogP contribution is 2.45. The number of aryl methyl sites for hydroxylation is 2. The highest BCUT2D eigenvalue weighted by Gasteiger charge is 2.43. The Bertz CT molecular complexity index is 907. The normalized spacial score (nSPS) is 24.0. The van der Waals surface area contributed by atoms with Crippen LogP contribution in [0.25, 0.3) is 0 Å². The first-order valence-electron chi connectivity index (χ1n) is 10.7. The molecule has 2 N–H and O–H groups in total. The molecule has 1 spiro atoms. The number of fused-ring (bicyclic) bond motifs is 2. The lowest BCUT2D eigenvalue weighted by molar-refractivity contribution is -0.0587. The van der Waals surface area contributed by atoms with Crippen molar-refractivity contribution >= 4 is 11.6 Å². The van der Waals surface area contributed by atoms with E-state index in [4.69, 9.17) is 16.3 Å². The van der Waals surface area contributed by atoms with Gasteiger partial charge in [-0.25, -0.2) is 0 Å². The number of nitrogens with zero attached hydrogens (tertiary/aromatic N) is 1. The van der Waals surface area contributed by atoms with Gasteiger partial charge in [0.05, 0.1) is 12.2 Å². The molecule has 2 aromatic rings. The first-order chi connectivity index (χ1) is 14.0. The van der Waals surface area contributed by atoms with Gasteiger partial charge in [0, 0.05) is 36.6 Å². The summed E-state index contributed by atoms with van der Waals surface area (Å²) in [4.78, 5) is 2.32. The number of piperidine rings is 1. The van der Waals surface area contributed by atoms with Crippen LogP contribution in [0.5, 0.6) is 5.75 Å². The van der Waals surface area contributed by atoms with Gasteiger partial charge in [0.15, 0.2) is 0 Å². The molecule has 3 aliphatic rings. The van der Waals surface area contributed by atoms with Crippen molar-refractivity contribution in [1.82, 2.24) is 4.90 Å². The number of benzene rings is 2. The molecule has 29 heavy (non-hydrogen) atoms. The standard InChI is InChI=1S/C24H28ClNO3/c25-19-6-7-23-20(13-19)21(27)14-24(29-23)8-10-26(11-9-24)15-22(28)18-5-4-16-2-1-3-17(16)12-18/h4-7,12-13,21-22,27-28H,1-3,8-11,14-15H2/t21-,22+/m1/s1. The molecule has 2 atom stereocenters. The van der Waals surface area contributed by atoms with Gasteiger partial charge >= 0.3 is 0 Å². The summed E-state index contributed by atoms with van der Waals surface area (Å²) in [6.07, 6.45) is 4.82. The monoisotopic (exact) mass is 413 g/mol. The molecule has 0 saturated carbocycles. The number of hydrogen-bond acceptors (Lipinski definition) is 4. The lowest BCUT2D eigenvalue weighted by Gasteiger charge is -2.46. The summed E-state index contributed by atoms with van der Waals surface area (Å²) in [5.41, 5.74) is 4.34. The summed E-state index contributed by atoms with van der Waals surface area (Å²) in [7, 11) is 0. The summed E-state index contributed by atoms with van der Waals surface area (Å²) < 4.78 is 6.37. The van der Waals surface area contributed by atoms with E-state index in [2.05, 4.69) is 23.1 Å². The van der Waals surface area contributed by atoms with Crippen molar-refractivity contribution in [3.8, 4) is 5.75 Å². The summed E-state index contributed by atoms with van der Waals surface area (Å²) in [5.74, 6) is 0.750. The van der Waals surface area contributed by atoms with Crippen LogP contribution in [0.15, 0.2) is 36.4 Å². The molecular weight excluding hydrogens is 386 g/mol. The fourth-order valence-electron chi connectivity index (χ4n) is 5.21. The van der Waals surface area contributed by atoms with Crippen LogP contribution in [0.1, 0.15) is 60.1 Å². The fourth-order valence-corrected chi connectivity index (χ4v) is 5.39. The molecule has 0 unspecified atom stereocenters. The molecule has 0 radical (unpaired) electrons. The van der Waals surface area contributed by atoms with E-state index >= 15 is 0 Å². The molecule has 2 heterocycles. The Hall–Kier alpha value is -1.59. The summed E-state index contributed by atoms with van der Waals surface area (Å²) in [6, 6.07) is 12.0. The van der Waals surface area contributed by atoms with E-state index < -0.39 is 12.2 Å². The average molecular weight is 414 g/mol. The number of ether oxygens (including phenoxy) is 1. The number of likely N-dealkylation sites (tertiary alicyclic amines) is 1. The number of β-amino-alcohol motifs (C(OH)–C–C–N with tert-alkyl or cyclic N) is 1. The summed E-state index contributed by atoms with van der Waals surface area (Å²) in [6.45, 7) is 2.36. The smallest absolute Gasteiger partial charge is 0.126 e. The Balaban J connectivity index is 1.22. The second-order valence-corrected chi connectivity index (χ2v) is 9.32. The second-order valence-electron chi connectivity index (χ2n) is 8.89. The molecule has 2 aromatic carbocycles. The third-order valence-electron chi connectivity index (χ3n) is 6.93. The maximum Gasteiger partial charge on any atom is 0.126 e. The lowest BCUT2D eigenvalue weighted by Crippen LogP contribution is -2.51. The third kappa shape index (κ3) is 3.79. The van der Waals surface area contributed by atoms with E-state index in [-0.39, 0.29) is 5.60 Å². The molecule has 1 saturated heterocycles. The number of rotatable bonds is 3. The molecule has 4 nitrogen and oxygen atoms in total. The van der Waals surface area contributed by atoms with Crippen molar-refractivity contribution in [2.75, 3.05) is 19.6 Å². The molecule has 0 amide bonds. The Morgan fingerprint density at radius 1 is 1.10 bits per heavy atom. The molecule has 2 aliphatic heterocycles. The van der Waals surface area contributed by atoms with E-state index in [0.29, 0.717) is 18.0 Å². The quantitative estimate of drug-likeness (QED) is 0.791. The van der Waals surface area contributed by atoms with Gasteiger partial charge in [-0.15, -0.1) is 0 Å². The zero-order chi connectivity index (χ0) is 20.0. The predicted octanol–water partition coefficient (Wildman–Crippen LogP) is 4.21. The van der Waals surface area contributed by atoms with Gasteiger partial charge < -0.3 is 19.8 Å². The van der Waals surface area contributed by atoms with Gasteiger partial charge in [-0.2, -0.15) is 0 Å². The van der Waals surface area contributed by atoms with E-state index in [9.17, 15) is 10.2 Å². The highest BCUT2D eigenvalue weighted by molar-refractivity contribution is 6.30. The van der Waals surface area contributed by atoms with Crippen molar-refractivity contribution < 1.29 is 14.9 Å². The maximum atomic E-state index is 10.8. The third-order valence-corrected chi connectivity index (χ3v) is 7.16. The molecule has 0 aromatic heterocycles. The van der Waals surface area contributed by atoms with Crippen molar-refractivity contribution in [2.24, 2.45) is 0 Å². The maximum absolute atomic E-state index is 10.8.